The van der Waals surface area contributed by atoms with Gasteiger partial charge in [-0.3, -0.25) is 14.5 Å². The van der Waals surface area contributed by atoms with Crippen molar-refractivity contribution in [1.82, 2.24) is 20.0 Å². The molecular weight excluding hydrogens is 432 g/mol. The number of nitrogens with zero attached hydrogens (tertiary/aromatic N) is 3. The number of fused-ring (bicyclic) bond motifs is 1. The van der Waals surface area contributed by atoms with Gasteiger partial charge in [0.2, 0.25) is 5.91 Å². The number of hydrogen-bond acceptors (Lipinski definition) is 5. The zero-order valence-electron chi connectivity index (χ0n) is 20.5. The van der Waals surface area contributed by atoms with Gasteiger partial charge in [-0.1, -0.05) is 18.6 Å². The van der Waals surface area contributed by atoms with Crippen LogP contribution in [0.15, 0.2) is 24.3 Å². The fraction of sp³-hybridized carbons (Fsp3) is 0.654. The number of rotatable bonds is 9. The predicted octanol–water partition coefficient (Wildman–Crippen LogP) is 2.66. The Balaban J connectivity index is 1.23. The first-order valence-corrected chi connectivity index (χ1v) is 12.7. The molecule has 3 unspecified atom stereocenters. The van der Waals surface area contributed by atoms with E-state index in [-0.39, 0.29) is 24.3 Å². The summed E-state index contributed by atoms with van der Waals surface area (Å²) in [4.78, 5) is 43.7. The van der Waals surface area contributed by atoms with Crippen LogP contribution in [0.4, 0.5) is 4.79 Å². The summed E-state index contributed by atoms with van der Waals surface area (Å²) < 4.78 is 5.16. The number of ether oxygens (including phenoxy) is 1. The molecule has 4 amide bonds. The summed E-state index contributed by atoms with van der Waals surface area (Å²) >= 11 is 0. The molecule has 1 N–H and O–H groups in total. The van der Waals surface area contributed by atoms with Crippen molar-refractivity contribution in [2.24, 2.45) is 5.92 Å². The first-order chi connectivity index (χ1) is 16.5. The number of methoxy groups -OCH3 is 1. The number of benzene rings is 1. The monoisotopic (exact) mass is 470 g/mol. The lowest BCUT2D eigenvalue weighted by atomic mass is 9.83. The Morgan fingerprint density at radius 3 is 2.65 bits per heavy atom. The molecule has 3 aliphatic heterocycles. The predicted molar refractivity (Wildman–Crippen MR) is 130 cm³/mol. The summed E-state index contributed by atoms with van der Waals surface area (Å²) in [7, 11) is 3.49. The Morgan fingerprint density at radius 1 is 1.12 bits per heavy atom. The van der Waals surface area contributed by atoms with Crippen LogP contribution in [-0.4, -0.2) is 85.0 Å². The molecule has 3 heterocycles. The summed E-state index contributed by atoms with van der Waals surface area (Å²) in [6, 6.07) is 7.21. The molecule has 3 saturated heterocycles. The quantitative estimate of drug-likeness (QED) is 0.561. The smallest absolute Gasteiger partial charge is 0.324 e. The fourth-order valence-electron chi connectivity index (χ4n) is 5.72. The molecule has 3 aliphatic rings. The van der Waals surface area contributed by atoms with E-state index >= 15 is 0 Å². The van der Waals surface area contributed by atoms with Crippen LogP contribution in [0.25, 0.3) is 0 Å². The number of hydrogen-bond donors (Lipinski definition) is 1. The van der Waals surface area contributed by atoms with E-state index in [0.29, 0.717) is 31.3 Å². The van der Waals surface area contributed by atoms with E-state index in [2.05, 4.69) is 10.2 Å². The molecule has 3 atom stereocenters. The van der Waals surface area contributed by atoms with Gasteiger partial charge in [-0.05, 0) is 75.2 Å². The molecule has 0 saturated carbocycles. The van der Waals surface area contributed by atoms with Crippen LogP contribution in [0.3, 0.4) is 0 Å². The molecule has 0 radical (unpaired) electrons. The van der Waals surface area contributed by atoms with Gasteiger partial charge in [0.05, 0.1) is 7.11 Å². The summed E-state index contributed by atoms with van der Waals surface area (Å²) in [5, 5.41) is 2.76. The van der Waals surface area contributed by atoms with E-state index in [9.17, 15) is 14.4 Å². The van der Waals surface area contributed by atoms with Gasteiger partial charge in [0.15, 0.2) is 0 Å². The molecule has 4 rings (SSSR count). The second kappa shape index (κ2) is 11.2. The van der Waals surface area contributed by atoms with Crippen molar-refractivity contribution >= 4 is 17.8 Å². The molecule has 0 spiro atoms. The minimum absolute atomic E-state index is 0.0478. The lowest BCUT2D eigenvalue weighted by Gasteiger charge is -2.45. The first-order valence-electron chi connectivity index (χ1n) is 12.7. The molecule has 3 fully saturated rings. The average Bonchev–Trinajstić information content (AvgIpc) is 3.13. The number of nitrogens with one attached hydrogen (secondary N) is 1. The van der Waals surface area contributed by atoms with E-state index < -0.39 is 6.04 Å². The second-order valence-electron chi connectivity index (χ2n) is 9.90. The summed E-state index contributed by atoms with van der Waals surface area (Å²) in [5.74, 6) is 1.11. The fourth-order valence-corrected chi connectivity index (χ4v) is 5.72. The highest BCUT2D eigenvalue weighted by Gasteiger charge is 2.38. The second-order valence-corrected chi connectivity index (χ2v) is 9.90. The van der Waals surface area contributed by atoms with Crippen LogP contribution in [0.2, 0.25) is 0 Å². The van der Waals surface area contributed by atoms with Crippen molar-refractivity contribution in [3.05, 3.63) is 29.8 Å². The Hall–Kier alpha value is -2.61. The number of urea groups is 1. The Morgan fingerprint density at radius 2 is 1.88 bits per heavy atom. The molecule has 1 aromatic carbocycles. The van der Waals surface area contributed by atoms with Gasteiger partial charge in [0.25, 0.3) is 5.91 Å². The number of piperidine rings is 2. The Bertz CT molecular complexity index is 872. The lowest BCUT2D eigenvalue weighted by Crippen LogP contribution is -2.51. The molecule has 34 heavy (non-hydrogen) atoms. The molecular formula is C26H38N4O4. The van der Waals surface area contributed by atoms with Gasteiger partial charge in [0.1, 0.15) is 11.8 Å². The van der Waals surface area contributed by atoms with Crippen molar-refractivity contribution in [3.63, 3.8) is 0 Å². The zero-order chi connectivity index (χ0) is 24.1. The zero-order valence-corrected chi connectivity index (χ0v) is 20.5. The van der Waals surface area contributed by atoms with Crippen molar-refractivity contribution in [1.29, 1.82) is 0 Å². The van der Waals surface area contributed by atoms with Gasteiger partial charge in [-0.25, -0.2) is 4.79 Å². The van der Waals surface area contributed by atoms with Crippen molar-refractivity contribution in [3.8, 4) is 5.75 Å². The molecule has 0 bridgehead atoms. The van der Waals surface area contributed by atoms with Crippen LogP contribution in [0, 0.1) is 5.92 Å². The molecule has 0 aromatic heterocycles. The summed E-state index contributed by atoms with van der Waals surface area (Å²) in [6.07, 6.45) is 7.38. The Kier molecular flexibility index (Phi) is 8.08. The topological polar surface area (TPSA) is 82.2 Å². The maximum absolute atomic E-state index is 12.8. The molecule has 0 aliphatic carbocycles. The van der Waals surface area contributed by atoms with E-state index in [4.69, 9.17) is 4.74 Å². The van der Waals surface area contributed by atoms with Crippen LogP contribution in [0.1, 0.15) is 50.5 Å². The minimum Gasteiger partial charge on any atom is -0.497 e. The third-order valence-electron chi connectivity index (χ3n) is 7.70. The van der Waals surface area contributed by atoms with Gasteiger partial charge in [-0.15, -0.1) is 0 Å². The number of carbonyl (C=O) groups is 3. The van der Waals surface area contributed by atoms with Gasteiger partial charge in [0, 0.05) is 32.6 Å². The van der Waals surface area contributed by atoms with Crippen LogP contribution in [0.5, 0.6) is 5.75 Å². The van der Waals surface area contributed by atoms with Crippen molar-refractivity contribution in [2.75, 3.05) is 40.3 Å². The normalized spacial score (nSPS) is 25.1. The van der Waals surface area contributed by atoms with Gasteiger partial charge >= 0.3 is 6.03 Å². The molecule has 186 valence electrons. The lowest BCUT2D eigenvalue weighted by molar-refractivity contribution is -0.131. The van der Waals surface area contributed by atoms with Gasteiger partial charge < -0.3 is 19.9 Å². The molecule has 8 heteroatoms. The maximum Gasteiger partial charge on any atom is 0.324 e. The largest absolute Gasteiger partial charge is 0.497 e. The number of carbonyl (C=O) groups excluding carboxylic acids is 3. The van der Waals surface area contributed by atoms with E-state index in [1.807, 2.05) is 36.2 Å². The average molecular weight is 471 g/mol. The minimum atomic E-state index is -0.621. The highest BCUT2D eigenvalue weighted by Crippen LogP contribution is 2.31. The highest BCUT2D eigenvalue weighted by atomic mass is 16.5. The number of imide groups is 1. The first kappa shape index (κ1) is 24.5. The maximum atomic E-state index is 12.8. The van der Waals surface area contributed by atoms with Crippen LogP contribution < -0.4 is 10.1 Å². The highest BCUT2D eigenvalue weighted by molar-refractivity contribution is 6.04. The third-order valence-corrected chi connectivity index (χ3v) is 7.70. The Labute approximate surface area is 202 Å². The summed E-state index contributed by atoms with van der Waals surface area (Å²) in [5.41, 5.74) is 1.03. The molecule has 1 aromatic rings. The number of amides is 4. The van der Waals surface area contributed by atoms with E-state index in [1.165, 1.54) is 50.1 Å². The van der Waals surface area contributed by atoms with Crippen LogP contribution in [-0.2, 0) is 16.0 Å². The van der Waals surface area contributed by atoms with E-state index in [1.54, 1.807) is 7.11 Å². The third kappa shape index (κ3) is 5.71. The SMILES string of the molecule is COc1ccc(CCN2C(=O)NC(CCC(=O)N(C)CC3CCCN4CCCCC34)C2=O)cc1. The van der Waals surface area contributed by atoms with Crippen molar-refractivity contribution in [2.45, 2.75) is 63.5 Å². The summed E-state index contributed by atoms with van der Waals surface area (Å²) in [6.45, 7) is 3.48. The van der Waals surface area contributed by atoms with Crippen LogP contribution >= 0.6 is 0 Å². The standard InChI is InChI=1S/C26H38N4O4/c1-28(18-20-6-5-16-29-15-4-3-7-23(20)29)24(31)13-12-22-25(32)30(26(33)27-22)17-14-19-8-10-21(34-2)11-9-19/h8-11,20,22-23H,3-7,12-18H2,1-2H3,(H,27,33). The van der Waals surface area contributed by atoms with Gasteiger partial charge in [-0.2, -0.15) is 0 Å². The van der Waals surface area contributed by atoms with E-state index in [0.717, 1.165) is 17.9 Å². The molecule has 8 nitrogen and oxygen atoms in total. The van der Waals surface area contributed by atoms with Crippen molar-refractivity contribution < 1.29 is 19.1 Å².